The molecular formula is C15H20O2. The van der Waals surface area contributed by atoms with Crippen LogP contribution in [0.3, 0.4) is 0 Å². The molecule has 2 rings (SSSR count). The van der Waals surface area contributed by atoms with Crippen LogP contribution >= 0.6 is 0 Å². The van der Waals surface area contributed by atoms with Gasteiger partial charge in [0.25, 0.3) is 0 Å². The number of rotatable bonds is 2. The van der Waals surface area contributed by atoms with Gasteiger partial charge >= 0.3 is 0 Å². The first kappa shape index (κ1) is 12.2. The fraction of sp³-hybridized carbons (Fsp3) is 0.467. The molecule has 1 N–H and O–H groups in total. The van der Waals surface area contributed by atoms with Crippen LogP contribution in [0.2, 0.25) is 0 Å². The highest BCUT2D eigenvalue weighted by atomic mass is 16.4. The Morgan fingerprint density at radius 2 is 1.94 bits per heavy atom. The first-order valence-corrected chi connectivity index (χ1v) is 6.14. The summed E-state index contributed by atoms with van der Waals surface area (Å²) in [6.45, 7) is 8.51. The van der Waals surface area contributed by atoms with Gasteiger partial charge in [0.2, 0.25) is 0 Å². The minimum Gasteiger partial charge on any atom is -0.458 e. The summed E-state index contributed by atoms with van der Waals surface area (Å²) in [5.41, 5.74) is 2.26. The average molecular weight is 232 g/mol. The largest absolute Gasteiger partial charge is 0.458 e. The van der Waals surface area contributed by atoms with Crippen LogP contribution in [0.1, 0.15) is 51.5 Å². The van der Waals surface area contributed by atoms with Crippen LogP contribution in [0.5, 0.6) is 0 Å². The Labute approximate surface area is 102 Å². The molecule has 0 saturated heterocycles. The quantitative estimate of drug-likeness (QED) is 0.842. The normalized spacial score (nSPS) is 14.2. The van der Waals surface area contributed by atoms with Crippen LogP contribution in [0, 0.1) is 0 Å². The number of furan rings is 1. The number of hydrogen-bond acceptors (Lipinski definition) is 2. The topological polar surface area (TPSA) is 33.4 Å². The maximum absolute atomic E-state index is 9.77. The van der Waals surface area contributed by atoms with Crippen LogP contribution in [0.25, 0.3) is 11.0 Å². The molecule has 0 spiro atoms. The zero-order valence-electron chi connectivity index (χ0n) is 10.9. The van der Waals surface area contributed by atoms with Gasteiger partial charge in [0.1, 0.15) is 17.4 Å². The molecule has 1 aromatic heterocycles. The highest BCUT2D eigenvalue weighted by Gasteiger charge is 2.16. The van der Waals surface area contributed by atoms with Gasteiger partial charge in [-0.15, -0.1) is 0 Å². The van der Waals surface area contributed by atoms with E-state index in [0.29, 0.717) is 12.2 Å². The molecule has 17 heavy (non-hydrogen) atoms. The molecule has 0 radical (unpaired) electrons. The second kappa shape index (κ2) is 4.19. The second-order valence-corrected chi connectivity index (χ2v) is 5.58. The molecule has 0 saturated carbocycles. The van der Waals surface area contributed by atoms with Crippen molar-refractivity contribution in [3.63, 3.8) is 0 Å². The van der Waals surface area contributed by atoms with Crippen molar-refractivity contribution in [3.05, 3.63) is 35.6 Å². The summed E-state index contributed by atoms with van der Waals surface area (Å²) in [6.07, 6.45) is 0.173. The maximum atomic E-state index is 9.77. The average Bonchev–Trinajstić information content (AvgIpc) is 2.69. The molecule has 2 nitrogen and oxygen atoms in total. The van der Waals surface area contributed by atoms with E-state index in [1.54, 1.807) is 0 Å². The zero-order chi connectivity index (χ0) is 12.6. The van der Waals surface area contributed by atoms with Gasteiger partial charge in [0, 0.05) is 5.39 Å². The van der Waals surface area contributed by atoms with Crippen LogP contribution in [-0.2, 0) is 5.41 Å². The van der Waals surface area contributed by atoms with Crippen molar-refractivity contribution in [3.8, 4) is 0 Å². The Hall–Kier alpha value is -1.28. The van der Waals surface area contributed by atoms with Crippen molar-refractivity contribution in [2.45, 2.75) is 45.6 Å². The number of fused-ring (bicyclic) bond motifs is 1. The highest BCUT2D eigenvalue weighted by Crippen LogP contribution is 2.30. The molecule has 0 aliphatic heterocycles. The van der Waals surface area contributed by atoms with Gasteiger partial charge in [-0.05, 0) is 35.6 Å². The van der Waals surface area contributed by atoms with Gasteiger partial charge in [-0.1, -0.05) is 33.8 Å². The predicted molar refractivity (Wildman–Crippen MR) is 70.2 cm³/mol. The van der Waals surface area contributed by atoms with E-state index >= 15 is 0 Å². The van der Waals surface area contributed by atoms with Crippen molar-refractivity contribution >= 4 is 11.0 Å². The molecule has 0 aliphatic rings. The second-order valence-electron chi connectivity index (χ2n) is 5.58. The monoisotopic (exact) mass is 232 g/mol. The van der Waals surface area contributed by atoms with Gasteiger partial charge in [-0.2, -0.15) is 0 Å². The molecule has 1 unspecified atom stereocenters. The Morgan fingerprint density at radius 3 is 2.53 bits per heavy atom. The van der Waals surface area contributed by atoms with Crippen molar-refractivity contribution in [1.29, 1.82) is 0 Å². The fourth-order valence-electron chi connectivity index (χ4n) is 1.90. The van der Waals surface area contributed by atoms with Crippen LogP contribution in [0.15, 0.2) is 28.7 Å². The van der Waals surface area contributed by atoms with E-state index in [-0.39, 0.29) is 5.41 Å². The SMILES string of the molecule is CCC(O)c1cc2cc(C(C)(C)C)ccc2o1. The van der Waals surface area contributed by atoms with Crippen molar-refractivity contribution in [2.75, 3.05) is 0 Å². The first-order chi connectivity index (χ1) is 7.91. The number of aliphatic hydroxyl groups is 1. The lowest BCUT2D eigenvalue weighted by atomic mass is 9.86. The van der Waals surface area contributed by atoms with E-state index in [0.717, 1.165) is 11.0 Å². The fourth-order valence-corrected chi connectivity index (χ4v) is 1.90. The Kier molecular flexibility index (Phi) is 3.00. The number of benzene rings is 1. The smallest absolute Gasteiger partial charge is 0.134 e. The van der Waals surface area contributed by atoms with Gasteiger partial charge in [-0.25, -0.2) is 0 Å². The number of hydrogen-bond donors (Lipinski definition) is 1. The molecule has 92 valence electrons. The lowest BCUT2D eigenvalue weighted by molar-refractivity contribution is 0.148. The van der Waals surface area contributed by atoms with Gasteiger partial charge in [0.15, 0.2) is 0 Å². The Morgan fingerprint density at radius 1 is 1.24 bits per heavy atom. The molecule has 0 amide bonds. The lowest BCUT2D eigenvalue weighted by Crippen LogP contribution is -2.10. The minimum absolute atomic E-state index is 0.134. The van der Waals surface area contributed by atoms with E-state index in [2.05, 4.69) is 32.9 Å². The number of aliphatic hydroxyl groups excluding tert-OH is 1. The van der Waals surface area contributed by atoms with Crippen LogP contribution in [0.4, 0.5) is 0 Å². The summed E-state index contributed by atoms with van der Waals surface area (Å²) in [5, 5.41) is 10.8. The predicted octanol–water partition coefficient (Wildman–Crippen LogP) is 4.17. The van der Waals surface area contributed by atoms with E-state index in [9.17, 15) is 5.11 Å². The summed E-state index contributed by atoms with van der Waals surface area (Å²) in [4.78, 5) is 0. The lowest BCUT2D eigenvalue weighted by Gasteiger charge is -2.18. The van der Waals surface area contributed by atoms with E-state index < -0.39 is 6.10 Å². The summed E-state index contributed by atoms with van der Waals surface area (Å²) in [7, 11) is 0. The van der Waals surface area contributed by atoms with E-state index in [4.69, 9.17) is 4.42 Å². The molecule has 2 aromatic rings. The van der Waals surface area contributed by atoms with Crippen molar-refractivity contribution < 1.29 is 9.52 Å². The molecule has 0 fully saturated rings. The summed E-state index contributed by atoms with van der Waals surface area (Å²) < 4.78 is 5.64. The van der Waals surface area contributed by atoms with Gasteiger partial charge in [-0.3, -0.25) is 0 Å². The minimum atomic E-state index is -0.500. The third kappa shape index (κ3) is 2.37. The van der Waals surface area contributed by atoms with Crippen LogP contribution in [-0.4, -0.2) is 5.11 Å². The van der Waals surface area contributed by atoms with Gasteiger partial charge < -0.3 is 9.52 Å². The van der Waals surface area contributed by atoms with Crippen molar-refractivity contribution in [1.82, 2.24) is 0 Å². The van der Waals surface area contributed by atoms with Gasteiger partial charge in [0.05, 0.1) is 0 Å². The molecule has 0 bridgehead atoms. The summed E-state index contributed by atoms with van der Waals surface area (Å²) in [6, 6.07) is 8.17. The third-order valence-electron chi connectivity index (χ3n) is 3.12. The van der Waals surface area contributed by atoms with Crippen molar-refractivity contribution in [2.24, 2.45) is 0 Å². The zero-order valence-corrected chi connectivity index (χ0v) is 10.9. The summed E-state index contributed by atoms with van der Waals surface area (Å²) in [5.74, 6) is 0.661. The molecule has 2 heteroatoms. The molecular weight excluding hydrogens is 212 g/mol. The highest BCUT2D eigenvalue weighted by molar-refractivity contribution is 5.79. The molecule has 0 aliphatic carbocycles. The first-order valence-electron chi connectivity index (χ1n) is 6.14. The standard InChI is InChI=1S/C15H20O2/c1-5-12(16)14-9-10-8-11(15(2,3)4)6-7-13(10)17-14/h6-9,12,16H,5H2,1-4H3. The Balaban J connectivity index is 2.48. The molecule has 1 heterocycles. The molecule has 1 aromatic carbocycles. The summed E-state index contributed by atoms with van der Waals surface area (Å²) >= 11 is 0. The van der Waals surface area contributed by atoms with E-state index in [1.165, 1.54) is 5.56 Å². The van der Waals surface area contributed by atoms with E-state index in [1.807, 2.05) is 19.1 Å². The third-order valence-corrected chi connectivity index (χ3v) is 3.12. The maximum Gasteiger partial charge on any atom is 0.134 e. The van der Waals surface area contributed by atoms with Crippen LogP contribution < -0.4 is 0 Å². The molecule has 1 atom stereocenters. The Bertz CT molecular complexity index is 517.